The fraction of sp³-hybridized carbons (Fsp3) is 0.0714. The highest BCUT2D eigenvalue weighted by atomic mass is 16.3. The van der Waals surface area contributed by atoms with Gasteiger partial charge in [-0.3, -0.25) is 9.78 Å². The van der Waals surface area contributed by atoms with Gasteiger partial charge in [-0.1, -0.05) is 0 Å². The maximum Gasteiger partial charge on any atom is 0.257 e. The molecule has 0 saturated carbocycles. The molecule has 0 unspecified atom stereocenters. The van der Waals surface area contributed by atoms with E-state index in [1.54, 1.807) is 30.7 Å². The molecule has 94 valence electrons. The molecule has 0 fully saturated rings. The van der Waals surface area contributed by atoms with Crippen molar-refractivity contribution in [3.8, 4) is 22.6 Å². The minimum Gasteiger partial charge on any atom is -0.444 e. The Hall–Kier alpha value is -2.69. The molecular weight excluding hydrogens is 242 g/mol. The first-order chi connectivity index (χ1) is 9.27. The lowest BCUT2D eigenvalue weighted by Crippen LogP contribution is -2.09. The Bertz CT molecular complexity index is 760. The van der Waals surface area contributed by atoms with Crippen LogP contribution in [-0.4, -0.2) is 15.0 Å². The van der Waals surface area contributed by atoms with Crippen LogP contribution >= 0.6 is 0 Å². The van der Waals surface area contributed by atoms with Crippen molar-refractivity contribution in [1.29, 1.82) is 0 Å². The van der Waals surface area contributed by atoms with Crippen LogP contribution in [0.25, 0.3) is 22.6 Å². The maximum atomic E-state index is 11.8. The fourth-order valence-electron chi connectivity index (χ4n) is 2.03. The fourth-order valence-corrected chi connectivity index (χ4v) is 2.03. The molecule has 3 heterocycles. The number of hydrogen-bond acceptors (Lipinski definition) is 4. The lowest BCUT2D eigenvalue weighted by Gasteiger charge is -2.07. The van der Waals surface area contributed by atoms with Crippen LogP contribution < -0.4 is 5.56 Å². The zero-order valence-electron chi connectivity index (χ0n) is 10.3. The monoisotopic (exact) mass is 253 g/mol. The van der Waals surface area contributed by atoms with Crippen LogP contribution in [0.15, 0.2) is 52.4 Å². The summed E-state index contributed by atoms with van der Waals surface area (Å²) < 4.78 is 5.30. The topological polar surface area (TPSA) is 71.8 Å². The molecular formula is C14H11N3O2. The quantitative estimate of drug-likeness (QED) is 0.761. The molecule has 0 atom stereocenters. The summed E-state index contributed by atoms with van der Waals surface area (Å²) in [4.78, 5) is 22.7. The first-order valence-corrected chi connectivity index (χ1v) is 5.80. The molecule has 0 saturated heterocycles. The van der Waals surface area contributed by atoms with E-state index in [9.17, 15) is 4.79 Å². The van der Waals surface area contributed by atoms with Gasteiger partial charge in [0, 0.05) is 18.0 Å². The Morgan fingerprint density at radius 1 is 1.26 bits per heavy atom. The van der Waals surface area contributed by atoms with Crippen molar-refractivity contribution >= 4 is 0 Å². The van der Waals surface area contributed by atoms with Crippen molar-refractivity contribution < 1.29 is 4.42 Å². The molecule has 0 radical (unpaired) electrons. The summed E-state index contributed by atoms with van der Waals surface area (Å²) in [6.45, 7) is 1.91. The van der Waals surface area contributed by atoms with Gasteiger partial charge in [0.15, 0.2) is 12.2 Å². The molecule has 0 aliphatic rings. The summed E-state index contributed by atoms with van der Waals surface area (Å²) >= 11 is 0. The highest BCUT2D eigenvalue weighted by Crippen LogP contribution is 2.28. The third-order valence-electron chi connectivity index (χ3n) is 2.98. The van der Waals surface area contributed by atoms with E-state index in [1.165, 1.54) is 6.39 Å². The van der Waals surface area contributed by atoms with Gasteiger partial charge in [0.2, 0.25) is 0 Å². The molecule has 0 aromatic carbocycles. The van der Waals surface area contributed by atoms with Gasteiger partial charge in [-0.15, -0.1) is 0 Å². The maximum absolute atomic E-state index is 11.8. The number of oxazole rings is 1. The smallest absolute Gasteiger partial charge is 0.257 e. The van der Waals surface area contributed by atoms with Crippen LogP contribution in [0.3, 0.4) is 0 Å². The summed E-state index contributed by atoms with van der Waals surface area (Å²) in [6.07, 6.45) is 6.28. The van der Waals surface area contributed by atoms with Crippen LogP contribution in [0, 0.1) is 6.92 Å². The van der Waals surface area contributed by atoms with E-state index in [0.717, 1.165) is 11.1 Å². The molecule has 5 nitrogen and oxygen atoms in total. The van der Waals surface area contributed by atoms with E-state index in [4.69, 9.17) is 4.42 Å². The molecule has 0 aliphatic heterocycles. The van der Waals surface area contributed by atoms with E-state index in [2.05, 4.69) is 15.0 Å². The lowest BCUT2D eigenvalue weighted by atomic mass is 10.0. The number of H-pyrrole nitrogens is 1. The predicted octanol–water partition coefficient (Wildman–Crippen LogP) is 2.40. The second kappa shape index (κ2) is 4.53. The molecule has 19 heavy (non-hydrogen) atoms. The van der Waals surface area contributed by atoms with Crippen LogP contribution in [-0.2, 0) is 0 Å². The summed E-state index contributed by atoms with van der Waals surface area (Å²) in [6, 6.07) is 5.37. The number of pyridine rings is 2. The SMILES string of the molecule is Cc1c(-c2cnco2)ccnc1-c1ccc[nH]c1=O. The standard InChI is InChI=1S/C14H11N3O2/c1-9-10(12-7-15-8-19-12)4-6-16-13(9)11-3-2-5-17-14(11)18/h2-8H,1H3,(H,17,18). The average Bonchev–Trinajstić information content (AvgIpc) is 2.94. The van der Waals surface area contributed by atoms with Gasteiger partial charge in [0.25, 0.3) is 5.56 Å². The van der Waals surface area contributed by atoms with Crippen molar-refractivity contribution in [3.63, 3.8) is 0 Å². The largest absolute Gasteiger partial charge is 0.444 e. The van der Waals surface area contributed by atoms with Gasteiger partial charge < -0.3 is 9.40 Å². The van der Waals surface area contributed by atoms with Crippen LogP contribution in [0.2, 0.25) is 0 Å². The summed E-state index contributed by atoms with van der Waals surface area (Å²) in [7, 11) is 0. The Morgan fingerprint density at radius 3 is 2.89 bits per heavy atom. The number of aromatic amines is 1. The van der Waals surface area contributed by atoms with E-state index in [-0.39, 0.29) is 5.56 Å². The molecule has 1 N–H and O–H groups in total. The Labute approximate surface area is 109 Å². The second-order valence-corrected chi connectivity index (χ2v) is 4.11. The van der Waals surface area contributed by atoms with Crippen molar-refractivity contribution in [2.45, 2.75) is 6.92 Å². The third-order valence-corrected chi connectivity index (χ3v) is 2.98. The zero-order chi connectivity index (χ0) is 13.2. The zero-order valence-corrected chi connectivity index (χ0v) is 10.3. The number of nitrogens with one attached hydrogen (secondary N) is 1. The molecule has 3 aromatic rings. The molecule has 0 bridgehead atoms. The number of nitrogens with zero attached hydrogens (tertiary/aromatic N) is 2. The van der Waals surface area contributed by atoms with Crippen LogP contribution in [0.5, 0.6) is 0 Å². The van der Waals surface area contributed by atoms with Crippen LogP contribution in [0.1, 0.15) is 5.56 Å². The van der Waals surface area contributed by atoms with E-state index in [1.807, 2.05) is 13.0 Å². The number of rotatable bonds is 2. The van der Waals surface area contributed by atoms with Gasteiger partial charge in [-0.05, 0) is 30.7 Å². The normalized spacial score (nSPS) is 10.6. The Balaban J connectivity index is 2.22. The lowest BCUT2D eigenvalue weighted by molar-refractivity contribution is 0.571. The van der Waals surface area contributed by atoms with Crippen molar-refractivity contribution in [2.75, 3.05) is 0 Å². The Kier molecular flexibility index (Phi) is 2.72. The molecule has 0 aliphatic carbocycles. The van der Waals surface area contributed by atoms with Crippen molar-refractivity contribution in [2.24, 2.45) is 0 Å². The van der Waals surface area contributed by atoms with Crippen molar-refractivity contribution in [1.82, 2.24) is 15.0 Å². The number of aromatic nitrogens is 3. The Morgan fingerprint density at radius 2 is 2.16 bits per heavy atom. The van der Waals surface area contributed by atoms with E-state index in [0.29, 0.717) is 17.0 Å². The van der Waals surface area contributed by atoms with Crippen molar-refractivity contribution in [3.05, 3.63) is 59.1 Å². The average molecular weight is 253 g/mol. The van der Waals surface area contributed by atoms with E-state index < -0.39 is 0 Å². The summed E-state index contributed by atoms with van der Waals surface area (Å²) in [5.74, 6) is 0.661. The molecule has 5 heteroatoms. The highest BCUT2D eigenvalue weighted by Gasteiger charge is 2.13. The van der Waals surface area contributed by atoms with Gasteiger partial charge in [0.1, 0.15) is 0 Å². The molecule has 0 spiro atoms. The predicted molar refractivity (Wildman–Crippen MR) is 70.5 cm³/mol. The first kappa shape index (κ1) is 11.4. The van der Waals surface area contributed by atoms with Gasteiger partial charge in [-0.25, -0.2) is 4.98 Å². The minimum absolute atomic E-state index is 0.159. The van der Waals surface area contributed by atoms with Gasteiger partial charge >= 0.3 is 0 Å². The summed E-state index contributed by atoms with van der Waals surface area (Å²) in [5, 5.41) is 0. The minimum atomic E-state index is -0.159. The molecule has 3 aromatic heterocycles. The highest BCUT2D eigenvalue weighted by molar-refractivity contribution is 5.72. The first-order valence-electron chi connectivity index (χ1n) is 5.80. The molecule has 3 rings (SSSR count). The van der Waals surface area contributed by atoms with Crippen LogP contribution in [0.4, 0.5) is 0 Å². The summed E-state index contributed by atoms with van der Waals surface area (Å²) in [5.41, 5.74) is 2.80. The van der Waals surface area contributed by atoms with Gasteiger partial charge in [-0.2, -0.15) is 0 Å². The third kappa shape index (κ3) is 1.95. The number of hydrogen-bond donors (Lipinski definition) is 1. The van der Waals surface area contributed by atoms with E-state index >= 15 is 0 Å². The second-order valence-electron chi connectivity index (χ2n) is 4.11. The molecule has 0 amide bonds. The van der Waals surface area contributed by atoms with Gasteiger partial charge in [0.05, 0.1) is 17.5 Å².